The molecular formula is C25H35ClN4O4. The van der Waals surface area contributed by atoms with Crippen molar-refractivity contribution in [1.82, 2.24) is 19.6 Å². The number of carbonyl (C=O) groups excluding carboxylic acids is 1. The van der Waals surface area contributed by atoms with Crippen molar-refractivity contribution in [2.75, 3.05) is 33.3 Å². The van der Waals surface area contributed by atoms with Crippen LogP contribution < -0.4 is 10.3 Å². The summed E-state index contributed by atoms with van der Waals surface area (Å²) in [5.41, 5.74) is 1.56. The number of halogens is 1. The molecule has 1 aliphatic heterocycles. The number of carbonyl (C=O) groups is 1. The van der Waals surface area contributed by atoms with Crippen LogP contribution in [-0.4, -0.2) is 64.6 Å². The van der Waals surface area contributed by atoms with Crippen molar-refractivity contribution in [2.45, 2.75) is 53.3 Å². The van der Waals surface area contributed by atoms with Gasteiger partial charge in [-0.1, -0.05) is 25.4 Å². The minimum absolute atomic E-state index is 0.0911. The van der Waals surface area contributed by atoms with E-state index >= 15 is 0 Å². The average Bonchev–Trinajstić information content (AvgIpc) is 2.75. The fourth-order valence-electron chi connectivity index (χ4n) is 3.80. The highest BCUT2D eigenvalue weighted by Gasteiger charge is 2.26. The van der Waals surface area contributed by atoms with Crippen LogP contribution in [0.2, 0.25) is 5.02 Å². The summed E-state index contributed by atoms with van der Waals surface area (Å²) >= 11 is 6.34. The Kier molecular flexibility index (Phi) is 8.25. The maximum Gasteiger partial charge on any atom is 0.410 e. The summed E-state index contributed by atoms with van der Waals surface area (Å²) in [7, 11) is 1.57. The molecule has 2 heterocycles. The first-order valence-corrected chi connectivity index (χ1v) is 12.0. The van der Waals surface area contributed by atoms with E-state index in [1.165, 1.54) is 0 Å². The van der Waals surface area contributed by atoms with Gasteiger partial charge in [-0.15, -0.1) is 0 Å². The zero-order valence-corrected chi connectivity index (χ0v) is 21.7. The first-order chi connectivity index (χ1) is 16.0. The number of methoxy groups -OCH3 is 1. The van der Waals surface area contributed by atoms with Crippen LogP contribution in [0.5, 0.6) is 5.75 Å². The van der Waals surface area contributed by atoms with Gasteiger partial charge in [0.15, 0.2) is 0 Å². The number of amides is 1. The number of hydrogen-bond donors (Lipinski definition) is 0. The van der Waals surface area contributed by atoms with Crippen LogP contribution in [0.15, 0.2) is 29.1 Å². The van der Waals surface area contributed by atoms with Crippen LogP contribution in [0.25, 0.3) is 11.3 Å². The first kappa shape index (κ1) is 26.0. The zero-order chi connectivity index (χ0) is 25.0. The van der Waals surface area contributed by atoms with Gasteiger partial charge in [0.2, 0.25) is 0 Å². The van der Waals surface area contributed by atoms with Crippen molar-refractivity contribution in [2.24, 2.45) is 5.92 Å². The van der Waals surface area contributed by atoms with Crippen LogP contribution in [0.4, 0.5) is 4.79 Å². The van der Waals surface area contributed by atoms with E-state index in [1.807, 2.05) is 32.9 Å². The van der Waals surface area contributed by atoms with Gasteiger partial charge in [0.05, 0.1) is 17.8 Å². The first-order valence-electron chi connectivity index (χ1n) is 11.6. The lowest BCUT2D eigenvalue weighted by atomic mass is 10.1. The van der Waals surface area contributed by atoms with Crippen LogP contribution >= 0.6 is 11.6 Å². The molecule has 9 heteroatoms. The molecule has 3 rings (SSSR count). The maximum atomic E-state index is 13.2. The molecule has 0 saturated carbocycles. The second-order valence-corrected chi connectivity index (χ2v) is 10.4. The minimum Gasteiger partial charge on any atom is -0.495 e. The summed E-state index contributed by atoms with van der Waals surface area (Å²) in [4.78, 5) is 29.5. The van der Waals surface area contributed by atoms with Gasteiger partial charge in [0.25, 0.3) is 5.56 Å². The quantitative estimate of drug-likeness (QED) is 0.601. The van der Waals surface area contributed by atoms with E-state index in [9.17, 15) is 9.59 Å². The lowest BCUT2D eigenvalue weighted by Gasteiger charge is -2.35. The maximum absolute atomic E-state index is 13.2. The van der Waals surface area contributed by atoms with E-state index in [0.717, 1.165) is 5.56 Å². The molecule has 1 aliphatic rings. The standard InChI is InChI=1S/C25H35ClN4O4/c1-17(2)15-30-23(31)19(14-21(27-30)18-7-8-22(33-6)20(26)13-18)16-28-9-11-29(12-10-28)24(32)34-25(3,4)5/h7-8,13-14,17H,9-12,15-16H2,1-6H3. The van der Waals surface area contributed by atoms with Crippen molar-refractivity contribution in [3.05, 3.63) is 45.2 Å². The van der Waals surface area contributed by atoms with Gasteiger partial charge in [-0.05, 0) is 51.0 Å². The van der Waals surface area contributed by atoms with Gasteiger partial charge < -0.3 is 14.4 Å². The third kappa shape index (κ3) is 6.73. The normalized spacial score (nSPS) is 15.0. The fraction of sp³-hybridized carbons (Fsp3) is 0.560. The highest BCUT2D eigenvalue weighted by molar-refractivity contribution is 6.32. The van der Waals surface area contributed by atoms with E-state index in [1.54, 1.807) is 28.8 Å². The highest BCUT2D eigenvalue weighted by atomic mass is 35.5. The molecule has 0 spiro atoms. The number of aromatic nitrogens is 2. The van der Waals surface area contributed by atoms with E-state index in [2.05, 4.69) is 23.8 Å². The predicted molar refractivity (Wildman–Crippen MR) is 133 cm³/mol. The molecular weight excluding hydrogens is 456 g/mol. The van der Waals surface area contributed by atoms with Crippen molar-refractivity contribution in [3.8, 4) is 17.0 Å². The van der Waals surface area contributed by atoms with Crippen molar-refractivity contribution >= 4 is 17.7 Å². The smallest absolute Gasteiger partial charge is 0.410 e. The monoisotopic (exact) mass is 490 g/mol. The Hall–Kier alpha value is -2.58. The zero-order valence-electron chi connectivity index (χ0n) is 20.9. The van der Waals surface area contributed by atoms with Crippen LogP contribution in [-0.2, 0) is 17.8 Å². The number of ether oxygens (including phenoxy) is 2. The Labute approximate surface area is 206 Å². The summed E-state index contributed by atoms with van der Waals surface area (Å²) in [6, 6.07) is 7.33. The Bertz CT molecular complexity index is 1070. The van der Waals surface area contributed by atoms with Crippen molar-refractivity contribution < 1.29 is 14.3 Å². The molecule has 1 amide bonds. The SMILES string of the molecule is COc1ccc(-c2cc(CN3CCN(C(=O)OC(C)(C)C)CC3)c(=O)n(CC(C)C)n2)cc1Cl. The molecule has 0 aliphatic carbocycles. The van der Waals surface area contributed by atoms with Gasteiger partial charge in [-0.2, -0.15) is 5.10 Å². The van der Waals surface area contributed by atoms with Crippen LogP contribution in [0.1, 0.15) is 40.2 Å². The molecule has 2 aromatic rings. The fourth-order valence-corrected chi connectivity index (χ4v) is 4.06. The summed E-state index contributed by atoms with van der Waals surface area (Å²) < 4.78 is 12.3. The molecule has 0 radical (unpaired) electrons. The Balaban J connectivity index is 1.81. The summed E-state index contributed by atoms with van der Waals surface area (Å²) in [6.45, 7) is 13.1. The van der Waals surface area contributed by atoms with Crippen molar-refractivity contribution in [1.29, 1.82) is 0 Å². The van der Waals surface area contributed by atoms with Crippen molar-refractivity contribution in [3.63, 3.8) is 0 Å². The highest BCUT2D eigenvalue weighted by Crippen LogP contribution is 2.29. The molecule has 34 heavy (non-hydrogen) atoms. The topological polar surface area (TPSA) is 76.9 Å². The third-order valence-electron chi connectivity index (χ3n) is 5.45. The Morgan fingerprint density at radius 1 is 1.15 bits per heavy atom. The molecule has 8 nitrogen and oxygen atoms in total. The molecule has 186 valence electrons. The Morgan fingerprint density at radius 2 is 1.82 bits per heavy atom. The third-order valence-corrected chi connectivity index (χ3v) is 5.75. The molecule has 0 N–H and O–H groups in total. The molecule has 1 fully saturated rings. The molecule has 1 aromatic heterocycles. The second kappa shape index (κ2) is 10.8. The van der Waals surface area contributed by atoms with Gasteiger partial charge in [0.1, 0.15) is 11.4 Å². The minimum atomic E-state index is -0.520. The average molecular weight is 491 g/mol. The number of nitrogens with zero attached hydrogens (tertiary/aromatic N) is 4. The lowest BCUT2D eigenvalue weighted by molar-refractivity contribution is 0.0138. The van der Waals surface area contributed by atoms with E-state index in [4.69, 9.17) is 21.1 Å². The van der Waals surface area contributed by atoms with E-state index < -0.39 is 5.60 Å². The van der Waals surface area contributed by atoms with Crippen LogP contribution in [0.3, 0.4) is 0 Å². The van der Waals surface area contributed by atoms with Gasteiger partial charge >= 0.3 is 6.09 Å². The molecule has 1 aromatic carbocycles. The summed E-state index contributed by atoms with van der Waals surface area (Å²) in [6.07, 6.45) is -0.297. The van der Waals surface area contributed by atoms with Gasteiger partial charge in [-0.25, -0.2) is 9.48 Å². The predicted octanol–water partition coefficient (Wildman–Crippen LogP) is 4.28. The number of benzene rings is 1. The summed E-state index contributed by atoms with van der Waals surface area (Å²) in [5.74, 6) is 0.856. The largest absolute Gasteiger partial charge is 0.495 e. The Morgan fingerprint density at radius 3 is 2.38 bits per heavy atom. The number of rotatable bonds is 6. The van der Waals surface area contributed by atoms with Gasteiger partial charge in [0, 0.05) is 50.4 Å². The number of hydrogen-bond acceptors (Lipinski definition) is 6. The second-order valence-electron chi connectivity index (χ2n) is 10.0. The molecule has 0 bridgehead atoms. The summed E-state index contributed by atoms with van der Waals surface area (Å²) in [5, 5.41) is 5.11. The van der Waals surface area contributed by atoms with Gasteiger partial charge in [-0.3, -0.25) is 9.69 Å². The molecule has 0 unspecified atom stereocenters. The molecule has 1 saturated heterocycles. The molecule has 0 atom stereocenters. The van der Waals surface area contributed by atoms with E-state index in [-0.39, 0.29) is 17.6 Å². The van der Waals surface area contributed by atoms with Crippen LogP contribution in [0, 0.1) is 5.92 Å². The van der Waals surface area contributed by atoms with E-state index in [0.29, 0.717) is 61.3 Å². The number of piperazine rings is 1. The lowest BCUT2D eigenvalue weighted by Crippen LogP contribution is -2.50.